The van der Waals surface area contributed by atoms with Gasteiger partial charge in [-0.2, -0.15) is 0 Å². The number of hydrazine groups is 1. The number of hydrogen-bond donors (Lipinski definition) is 2. The SMILES string of the molecule is NNC(=O)c1cc(COCc2ccccc2)on1. The van der Waals surface area contributed by atoms with Gasteiger partial charge in [-0.05, 0) is 5.56 Å². The number of ether oxygens (including phenoxy) is 1. The highest BCUT2D eigenvalue weighted by Gasteiger charge is 2.10. The van der Waals surface area contributed by atoms with E-state index in [2.05, 4.69) is 5.16 Å². The van der Waals surface area contributed by atoms with Crippen molar-refractivity contribution in [2.75, 3.05) is 0 Å². The van der Waals surface area contributed by atoms with Crippen molar-refractivity contribution in [1.82, 2.24) is 10.6 Å². The maximum atomic E-state index is 11.1. The molecule has 1 heterocycles. The Kier molecular flexibility index (Phi) is 4.06. The van der Waals surface area contributed by atoms with Crippen LogP contribution in [0.15, 0.2) is 40.9 Å². The minimum Gasteiger partial charge on any atom is -0.369 e. The van der Waals surface area contributed by atoms with Crippen molar-refractivity contribution < 1.29 is 14.1 Å². The molecule has 0 atom stereocenters. The number of nitrogens with zero attached hydrogens (tertiary/aromatic N) is 1. The molecule has 0 radical (unpaired) electrons. The lowest BCUT2D eigenvalue weighted by Gasteiger charge is -2.00. The third kappa shape index (κ3) is 3.16. The molecule has 0 fully saturated rings. The predicted molar refractivity (Wildman–Crippen MR) is 63.1 cm³/mol. The highest BCUT2D eigenvalue weighted by molar-refractivity contribution is 5.91. The third-order valence-corrected chi connectivity index (χ3v) is 2.28. The molecule has 0 bridgehead atoms. The zero-order valence-electron chi connectivity index (χ0n) is 9.63. The van der Waals surface area contributed by atoms with Gasteiger partial charge in [0.05, 0.1) is 6.61 Å². The summed E-state index contributed by atoms with van der Waals surface area (Å²) in [5.74, 6) is 4.96. The van der Waals surface area contributed by atoms with E-state index in [0.717, 1.165) is 5.56 Å². The van der Waals surface area contributed by atoms with Crippen LogP contribution in [-0.2, 0) is 18.0 Å². The maximum Gasteiger partial charge on any atom is 0.287 e. The largest absolute Gasteiger partial charge is 0.369 e. The summed E-state index contributed by atoms with van der Waals surface area (Å²) < 4.78 is 10.4. The summed E-state index contributed by atoms with van der Waals surface area (Å²) in [7, 11) is 0. The van der Waals surface area contributed by atoms with Crippen molar-refractivity contribution in [1.29, 1.82) is 0 Å². The van der Waals surface area contributed by atoms with E-state index in [9.17, 15) is 4.79 Å². The summed E-state index contributed by atoms with van der Waals surface area (Å²) in [6, 6.07) is 11.2. The Morgan fingerprint density at radius 3 is 2.83 bits per heavy atom. The second-order valence-electron chi connectivity index (χ2n) is 3.63. The molecule has 0 saturated carbocycles. The van der Waals surface area contributed by atoms with E-state index in [1.807, 2.05) is 35.8 Å². The Morgan fingerprint density at radius 1 is 1.33 bits per heavy atom. The fraction of sp³-hybridized carbons (Fsp3) is 0.167. The first-order chi connectivity index (χ1) is 8.79. The van der Waals surface area contributed by atoms with Gasteiger partial charge in [-0.1, -0.05) is 35.5 Å². The number of nitrogen functional groups attached to an aromatic ring is 1. The van der Waals surface area contributed by atoms with E-state index in [0.29, 0.717) is 12.4 Å². The highest BCUT2D eigenvalue weighted by atomic mass is 16.5. The molecule has 2 rings (SSSR count). The van der Waals surface area contributed by atoms with Gasteiger partial charge in [-0.25, -0.2) is 5.84 Å². The number of nitrogens with one attached hydrogen (secondary N) is 1. The average molecular weight is 247 g/mol. The van der Waals surface area contributed by atoms with Gasteiger partial charge in [0.25, 0.3) is 5.91 Å². The van der Waals surface area contributed by atoms with Gasteiger partial charge in [0.1, 0.15) is 6.61 Å². The smallest absolute Gasteiger partial charge is 0.287 e. The number of carbonyl (C=O) groups is 1. The summed E-state index contributed by atoms with van der Waals surface area (Å²) >= 11 is 0. The molecule has 1 aromatic carbocycles. The van der Waals surface area contributed by atoms with Crippen LogP contribution in [0.5, 0.6) is 0 Å². The van der Waals surface area contributed by atoms with E-state index in [4.69, 9.17) is 15.1 Å². The van der Waals surface area contributed by atoms with Crippen LogP contribution in [0.25, 0.3) is 0 Å². The fourth-order valence-electron chi connectivity index (χ4n) is 1.41. The monoisotopic (exact) mass is 247 g/mol. The van der Waals surface area contributed by atoms with E-state index >= 15 is 0 Å². The Morgan fingerprint density at radius 2 is 2.11 bits per heavy atom. The molecule has 3 N–H and O–H groups in total. The first-order valence-corrected chi connectivity index (χ1v) is 5.38. The van der Waals surface area contributed by atoms with Gasteiger partial charge in [0.15, 0.2) is 11.5 Å². The van der Waals surface area contributed by atoms with Crippen molar-refractivity contribution in [2.24, 2.45) is 5.84 Å². The molecular weight excluding hydrogens is 234 g/mol. The molecule has 18 heavy (non-hydrogen) atoms. The van der Waals surface area contributed by atoms with Crippen LogP contribution in [0.4, 0.5) is 0 Å². The van der Waals surface area contributed by atoms with E-state index in [1.54, 1.807) is 0 Å². The first kappa shape index (κ1) is 12.3. The molecule has 0 unspecified atom stereocenters. The lowest BCUT2D eigenvalue weighted by atomic mass is 10.2. The summed E-state index contributed by atoms with van der Waals surface area (Å²) in [5, 5.41) is 3.57. The number of nitrogens with two attached hydrogens (primary N) is 1. The third-order valence-electron chi connectivity index (χ3n) is 2.28. The van der Waals surface area contributed by atoms with Gasteiger partial charge in [-0.3, -0.25) is 10.2 Å². The summed E-state index contributed by atoms with van der Waals surface area (Å²) in [5.41, 5.74) is 3.18. The van der Waals surface area contributed by atoms with Gasteiger partial charge >= 0.3 is 0 Å². The number of carbonyl (C=O) groups excluding carboxylic acids is 1. The van der Waals surface area contributed by atoms with E-state index in [1.165, 1.54) is 6.07 Å². The number of rotatable bonds is 5. The number of hydrogen-bond acceptors (Lipinski definition) is 5. The Balaban J connectivity index is 1.84. The second-order valence-corrected chi connectivity index (χ2v) is 3.63. The minimum atomic E-state index is -0.493. The molecular formula is C12H13N3O3. The van der Waals surface area contributed by atoms with Crippen molar-refractivity contribution in [3.63, 3.8) is 0 Å². The predicted octanol–water partition coefficient (Wildman–Crippen LogP) is 0.995. The lowest BCUT2D eigenvalue weighted by molar-refractivity contribution is 0.0877. The maximum absolute atomic E-state index is 11.1. The molecule has 0 aliphatic rings. The van der Waals surface area contributed by atoms with Crippen LogP contribution in [0.2, 0.25) is 0 Å². The Hall–Kier alpha value is -2.18. The van der Waals surface area contributed by atoms with Crippen molar-refractivity contribution >= 4 is 5.91 Å². The zero-order valence-corrected chi connectivity index (χ0v) is 9.63. The van der Waals surface area contributed by atoms with Crippen molar-refractivity contribution in [3.05, 3.63) is 53.4 Å². The van der Waals surface area contributed by atoms with Crippen LogP contribution in [0, 0.1) is 0 Å². The van der Waals surface area contributed by atoms with Crippen LogP contribution in [0.3, 0.4) is 0 Å². The standard InChI is InChI=1S/C12H13N3O3/c13-14-12(16)11-6-10(18-15-11)8-17-7-9-4-2-1-3-5-9/h1-6H,7-8,13H2,(H,14,16). The molecule has 0 saturated heterocycles. The minimum absolute atomic E-state index is 0.135. The van der Waals surface area contributed by atoms with Crippen molar-refractivity contribution in [2.45, 2.75) is 13.2 Å². The lowest BCUT2D eigenvalue weighted by Crippen LogP contribution is -2.30. The summed E-state index contributed by atoms with van der Waals surface area (Å²) in [6.07, 6.45) is 0. The molecule has 2 aromatic rings. The normalized spacial score (nSPS) is 10.3. The van der Waals surface area contributed by atoms with Crippen LogP contribution in [-0.4, -0.2) is 11.1 Å². The van der Waals surface area contributed by atoms with Crippen LogP contribution in [0.1, 0.15) is 21.8 Å². The Bertz CT molecular complexity index is 510. The molecule has 0 aliphatic carbocycles. The molecule has 0 spiro atoms. The van der Waals surface area contributed by atoms with E-state index in [-0.39, 0.29) is 12.3 Å². The van der Waals surface area contributed by atoms with Crippen molar-refractivity contribution in [3.8, 4) is 0 Å². The molecule has 94 valence electrons. The number of amides is 1. The highest BCUT2D eigenvalue weighted by Crippen LogP contribution is 2.07. The average Bonchev–Trinajstić information content (AvgIpc) is 2.88. The topological polar surface area (TPSA) is 90.4 Å². The molecule has 1 amide bonds. The molecule has 6 heteroatoms. The number of aromatic nitrogens is 1. The van der Waals surface area contributed by atoms with Gasteiger partial charge < -0.3 is 9.26 Å². The summed E-state index contributed by atoms with van der Waals surface area (Å²) in [6.45, 7) is 0.722. The summed E-state index contributed by atoms with van der Waals surface area (Å²) in [4.78, 5) is 11.1. The van der Waals surface area contributed by atoms with Crippen LogP contribution < -0.4 is 11.3 Å². The second kappa shape index (κ2) is 5.95. The van der Waals surface area contributed by atoms with E-state index < -0.39 is 5.91 Å². The quantitative estimate of drug-likeness (QED) is 0.467. The zero-order chi connectivity index (χ0) is 12.8. The van der Waals surface area contributed by atoms with Gasteiger partial charge in [0.2, 0.25) is 0 Å². The van der Waals surface area contributed by atoms with Gasteiger partial charge in [-0.15, -0.1) is 0 Å². The molecule has 1 aromatic heterocycles. The first-order valence-electron chi connectivity index (χ1n) is 5.38. The van der Waals surface area contributed by atoms with Crippen LogP contribution >= 0.6 is 0 Å². The molecule has 6 nitrogen and oxygen atoms in total. The molecule has 0 aliphatic heterocycles. The van der Waals surface area contributed by atoms with Gasteiger partial charge in [0, 0.05) is 6.07 Å². The number of benzene rings is 1. The fourth-order valence-corrected chi connectivity index (χ4v) is 1.41. The Labute approximate surface area is 104 Å².